The molecule has 1 heterocycles. The summed E-state index contributed by atoms with van der Waals surface area (Å²) in [7, 11) is 0. The molecular formula is C23H28N2O8. The van der Waals surface area contributed by atoms with Crippen molar-refractivity contribution in [2.24, 2.45) is 5.92 Å². The minimum absolute atomic E-state index is 0.171. The van der Waals surface area contributed by atoms with Crippen molar-refractivity contribution in [3.05, 3.63) is 41.7 Å². The van der Waals surface area contributed by atoms with E-state index in [0.29, 0.717) is 29.2 Å². The second-order valence-electron chi connectivity index (χ2n) is 7.72. The lowest BCUT2D eigenvalue weighted by Gasteiger charge is -2.20. The minimum atomic E-state index is -1.30. The van der Waals surface area contributed by atoms with Crippen molar-refractivity contribution in [3.63, 3.8) is 0 Å². The maximum absolute atomic E-state index is 12.5. The molecule has 3 atom stereocenters. The quantitative estimate of drug-likeness (QED) is 0.210. The summed E-state index contributed by atoms with van der Waals surface area (Å²) in [5.74, 6) is -3.40. The summed E-state index contributed by atoms with van der Waals surface area (Å²) in [5.41, 5.74) is 1.11. The van der Waals surface area contributed by atoms with Crippen molar-refractivity contribution in [1.29, 1.82) is 5.41 Å². The van der Waals surface area contributed by atoms with Gasteiger partial charge in [0.05, 0.1) is 5.76 Å². The Morgan fingerprint density at radius 2 is 1.88 bits per heavy atom. The molecule has 1 aromatic rings. The number of carbonyl (C=O) groups excluding carboxylic acids is 2. The van der Waals surface area contributed by atoms with E-state index in [4.69, 9.17) is 20.0 Å². The fraction of sp³-hybridized carbons (Fsp3) is 0.435. The number of nitrogens with one attached hydrogen (secondary N) is 2. The van der Waals surface area contributed by atoms with Gasteiger partial charge < -0.3 is 30.4 Å². The number of carboxylic acids is 2. The molecule has 1 aliphatic rings. The first-order valence-electron chi connectivity index (χ1n) is 10.6. The first-order chi connectivity index (χ1) is 15.6. The summed E-state index contributed by atoms with van der Waals surface area (Å²) in [5, 5.41) is 27.9. The van der Waals surface area contributed by atoms with Crippen molar-refractivity contribution in [1.82, 2.24) is 5.32 Å². The van der Waals surface area contributed by atoms with Crippen LogP contribution in [0.5, 0.6) is 5.75 Å². The normalized spacial score (nSPS) is 16.7. The lowest BCUT2D eigenvalue weighted by atomic mass is 9.99. The SMILES string of the molecule is CCC(CC1=CCC(C(=O)Oc2ccc(C(C)=N)cc2)O1)C(=O)N[C@H](CCC(=O)O)C(=O)O. The average Bonchev–Trinajstić information content (AvgIpc) is 3.23. The molecule has 10 nitrogen and oxygen atoms in total. The summed E-state index contributed by atoms with van der Waals surface area (Å²) in [6.07, 6.45) is 1.09. The molecule has 1 aromatic carbocycles. The standard InChI is InChI=1S/C23H28N2O8/c1-3-14(21(28)25-18(22(29)30)9-11-20(26)27)12-17-8-10-19(32-17)23(31)33-16-6-4-15(5-7-16)13(2)24/h4-8,14,18-19,24H,3,9-12H2,1-2H3,(H,25,28)(H,26,27)(H,29,30)/t14?,18-,19?/m1/s1. The second-order valence-corrected chi connectivity index (χ2v) is 7.72. The number of benzene rings is 1. The zero-order chi connectivity index (χ0) is 24.5. The summed E-state index contributed by atoms with van der Waals surface area (Å²) in [6, 6.07) is 5.24. The number of carbonyl (C=O) groups is 4. The molecule has 2 unspecified atom stereocenters. The van der Waals surface area contributed by atoms with E-state index >= 15 is 0 Å². The predicted octanol–water partition coefficient (Wildman–Crippen LogP) is 2.50. The van der Waals surface area contributed by atoms with Gasteiger partial charge in [-0.3, -0.25) is 9.59 Å². The van der Waals surface area contributed by atoms with Crippen LogP contribution in [0.4, 0.5) is 0 Å². The van der Waals surface area contributed by atoms with Crippen molar-refractivity contribution in [3.8, 4) is 5.75 Å². The van der Waals surface area contributed by atoms with Crippen LogP contribution in [-0.4, -0.2) is 51.9 Å². The van der Waals surface area contributed by atoms with Crippen LogP contribution >= 0.6 is 0 Å². The molecule has 0 saturated heterocycles. The van der Waals surface area contributed by atoms with Gasteiger partial charge in [-0.2, -0.15) is 0 Å². The summed E-state index contributed by atoms with van der Waals surface area (Å²) in [4.78, 5) is 47.0. The molecule has 1 amide bonds. The van der Waals surface area contributed by atoms with Gasteiger partial charge in [-0.05, 0) is 55.7 Å². The Morgan fingerprint density at radius 1 is 1.21 bits per heavy atom. The topological polar surface area (TPSA) is 163 Å². The number of rotatable bonds is 12. The van der Waals surface area contributed by atoms with Crippen molar-refractivity contribution >= 4 is 29.5 Å². The van der Waals surface area contributed by atoms with Gasteiger partial charge in [-0.1, -0.05) is 6.92 Å². The van der Waals surface area contributed by atoms with E-state index in [-0.39, 0.29) is 25.7 Å². The van der Waals surface area contributed by atoms with Crippen LogP contribution < -0.4 is 10.1 Å². The molecule has 0 fully saturated rings. The van der Waals surface area contributed by atoms with Crippen LogP contribution in [0.2, 0.25) is 0 Å². The van der Waals surface area contributed by atoms with E-state index in [1.807, 2.05) is 0 Å². The first kappa shape index (κ1) is 25.6. The molecule has 0 saturated carbocycles. The van der Waals surface area contributed by atoms with Crippen molar-refractivity contribution < 1.29 is 38.9 Å². The minimum Gasteiger partial charge on any atom is -0.483 e. The Bertz CT molecular complexity index is 938. The van der Waals surface area contributed by atoms with Gasteiger partial charge in [0, 0.05) is 30.9 Å². The molecule has 0 aromatic heterocycles. The highest BCUT2D eigenvalue weighted by molar-refractivity contribution is 5.96. The molecule has 2 rings (SSSR count). The van der Waals surface area contributed by atoms with Gasteiger partial charge >= 0.3 is 17.9 Å². The molecule has 10 heteroatoms. The Morgan fingerprint density at radius 3 is 2.42 bits per heavy atom. The highest BCUT2D eigenvalue weighted by Gasteiger charge is 2.31. The third kappa shape index (κ3) is 7.74. The maximum atomic E-state index is 12.5. The average molecular weight is 460 g/mol. The van der Waals surface area contributed by atoms with Gasteiger partial charge in [0.2, 0.25) is 5.91 Å². The molecule has 0 radical (unpaired) electrons. The number of aliphatic carboxylic acids is 2. The number of allylic oxidation sites excluding steroid dienone is 1. The second kappa shape index (κ2) is 11.8. The summed E-state index contributed by atoms with van der Waals surface area (Å²) >= 11 is 0. The Labute approximate surface area is 191 Å². The smallest absolute Gasteiger partial charge is 0.353 e. The first-order valence-corrected chi connectivity index (χ1v) is 10.6. The van der Waals surface area contributed by atoms with E-state index in [2.05, 4.69) is 5.32 Å². The number of carboxylic acid groups (broad SMARTS) is 2. The predicted molar refractivity (Wildman–Crippen MR) is 117 cm³/mol. The van der Waals surface area contributed by atoms with Crippen LogP contribution in [-0.2, 0) is 23.9 Å². The zero-order valence-electron chi connectivity index (χ0n) is 18.5. The van der Waals surface area contributed by atoms with E-state index in [9.17, 15) is 24.3 Å². The molecule has 1 aliphatic heterocycles. The zero-order valence-corrected chi connectivity index (χ0v) is 18.5. The van der Waals surface area contributed by atoms with E-state index in [1.54, 1.807) is 44.2 Å². The molecule has 0 aliphatic carbocycles. The van der Waals surface area contributed by atoms with Crippen LogP contribution in [0.3, 0.4) is 0 Å². The molecule has 4 N–H and O–H groups in total. The molecule has 178 valence electrons. The highest BCUT2D eigenvalue weighted by atomic mass is 16.6. The molecule has 0 bridgehead atoms. The van der Waals surface area contributed by atoms with E-state index in [0.717, 1.165) is 0 Å². The Balaban J connectivity index is 1.88. The number of amides is 1. The van der Waals surface area contributed by atoms with Crippen LogP contribution in [0.1, 0.15) is 51.5 Å². The molecular weight excluding hydrogens is 432 g/mol. The van der Waals surface area contributed by atoms with Crippen molar-refractivity contribution in [2.45, 2.75) is 58.1 Å². The summed E-state index contributed by atoms with van der Waals surface area (Å²) in [6.45, 7) is 3.42. The van der Waals surface area contributed by atoms with Gasteiger partial charge in [0.1, 0.15) is 11.8 Å². The van der Waals surface area contributed by atoms with Gasteiger partial charge in [-0.15, -0.1) is 0 Å². The van der Waals surface area contributed by atoms with Gasteiger partial charge in [0.25, 0.3) is 0 Å². The Kier molecular flexibility index (Phi) is 9.14. The van der Waals surface area contributed by atoms with Crippen LogP contribution in [0.15, 0.2) is 36.1 Å². The van der Waals surface area contributed by atoms with Gasteiger partial charge in [0.15, 0.2) is 6.10 Å². The number of hydrogen-bond acceptors (Lipinski definition) is 7. The highest BCUT2D eigenvalue weighted by Crippen LogP contribution is 2.26. The molecule has 0 spiro atoms. The fourth-order valence-electron chi connectivity index (χ4n) is 3.23. The maximum Gasteiger partial charge on any atom is 0.353 e. The third-order valence-electron chi connectivity index (χ3n) is 5.19. The monoisotopic (exact) mass is 460 g/mol. The lowest BCUT2D eigenvalue weighted by Crippen LogP contribution is -2.44. The van der Waals surface area contributed by atoms with Crippen LogP contribution in [0, 0.1) is 11.3 Å². The van der Waals surface area contributed by atoms with E-state index < -0.39 is 41.9 Å². The number of hydrogen-bond donors (Lipinski definition) is 4. The number of esters is 1. The molecule has 33 heavy (non-hydrogen) atoms. The van der Waals surface area contributed by atoms with Gasteiger partial charge in [-0.25, -0.2) is 9.59 Å². The lowest BCUT2D eigenvalue weighted by molar-refractivity contribution is -0.145. The van der Waals surface area contributed by atoms with E-state index in [1.165, 1.54) is 0 Å². The summed E-state index contributed by atoms with van der Waals surface area (Å²) < 4.78 is 11.0. The number of ether oxygens (including phenoxy) is 2. The fourth-order valence-corrected chi connectivity index (χ4v) is 3.23. The van der Waals surface area contributed by atoms with Crippen LogP contribution in [0.25, 0.3) is 0 Å². The Hall–Kier alpha value is -3.69. The largest absolute Gasteiger partial charge is 0.483 e. The third-order valence-corrected chi connectivity index (χ3v) is 5.19. The van der Waals surface area contributed by atoms with Crippen molar-refractivity contribution in [2.75, 3.05) is 0 Å².